The molecule has 8 nitrogen and oxygen atoms in total. The van der Waals surface area contributed by atoms with Crippen LogP contribution in [0.2, 0.25) is 0 Å². The summed E-state index contributed by atoms with van der Waals surface area (Å²) < 4.78 is 5.41. The van der Waals surface area contributed by atoms with Crippen molar-refractivity contribution in [2.24, 2.45) is 4.99 Å². The number of piperazine rings is 1. The number of carbonyl (C=O) groups is 2. The van der Waals surface area contributed by atoms with Crippen LogP contribution < -0.4 is 10.2 Å². The quantitative estimate of drug-likeness (QED) is 0.260. The second-order valence-corrected chi connectivity index (χ2v) is 7.84. The van der Waals surface area contributed by atoms with E-state index in [2.05, 4.69) is 15.1 Å². The second-order valence-electron chi connectivity index (χ2n) is 7.84. The van der Waals surface area contributed by atoms with E-state index < -0.39 is 5.97 Å². The Labute approximate surface area is 194 Å². The molecule has 0 aliphatic carbocycles. The number of hydrogen-bond acceptors (Lipinski definition) is 5. The van der Waals surface area contributed by atoms with E-state index in [1.807, 2.05) is 37.3 Å². The number of ketones is 1. The van der Waals surface area contributed by atoms with Gasteiger partial charge in [-0.1, -0.05) is 6.07 Å². The Kier molecular flexibility index (Phi) is 8.83. The Morgan fingerprint density at radius 2 is 1.79 bits per heavy atom. The molecular formula is C25H32N4O4. The maximum absolute atomic E-state index is 11.5. The Balaban J connectivity index is 1.67. The van der Waals surface area contributed by atoms with Crippen molar-refractivity contribution in [3.63, 3.8) is 0 Å². The topological polar surface area (TPSA) is 94.5 Å². The van der Waals surface area contributed by atoms with E-state index in [1.54, 1.807) is 25.1 Å². The van der Waals surface area contributed by atoms with Gasteiger partial charge < -0.3 is 25.0 Å². The zero-order valence-corrected chi connectivity index (χ0v) is 19.3. The molecule has 2 aromatic rings. The third-order valence-corrected chi connectivity index (χ3v) is 5.50. The van der Waals surface area contributed by atoms with Crippen molar-refractivity contribution in [3.05, 3.63) is 59.7 Å². The fourth-order valence-electron chi connectivity index (χ4n) is 3.66. The number of ether oxygens (including phenoxy) is 1. The number of Topliss-reactive ketones (excluding diaryl/α,β-unsaturated/α-hetero) is 1. The lowest BCUT2D eigenvalue weighted by Crippen LogP contribution is -2.50. The van der Waals surface area contributed by atoms with Crippen molar-refractivity contribution in [1.29, 1.82) is 0 Å². The minimum atomic E-state index is -0.960. The SMILES string of the molecule is CCOCCCN=C(Nc1cccc(C(=O)O)c1)N1CCN(c2ccc(C(C)=O)cc2)CC1. The number of nitrogens with one attached hydrogen (secondary N) is 1. The normalized spacial score (nSPS) is 14.3. The second kappa shape index (κ2) is 12.0. The van der Waals surface area contributed by atoms with Crippen molar-refractivity contribution < 1.29 is 19.4 Å². The Morgan fingerprint density at radius 3 is 2.42 bits per heavy atom. The minimum Gasteiger partial charge on any atom is -0.478 e. The molecule has 8 heteroatoms. The predicted molar refractivity (Wildman–Crippen MR) is 131 cm³/mol. The first kappa shape index (κ1) is 24.3. The van der Waals surface area contributed by atoms with Gasteiger partial charge in [0.25, 0.3) is 0 Å². The van der Waals surface area contributed by atoms with Gasteiger partial charge in [0, 0.05) is 62.9 Å². The van der Waals surface area contributed by atoms with Crippen molar-refractivity contribution in [3.8, 4) is 0 Å². The van der Waals surface area contributed by atoms with E-state index >= 15 is 0 Å². The summed E-state index contributed by atoms with van der Waals surface area (Å²) in [4.78, 5) is 32.1. The molecule has 1 saturated heterocycles. The van der Waals surface area contributed by atoms with Crippen LogP contribution in [-0.4, -0.2) is 73.7 Å². The molecule has 0 bridgehead atoms. The monoisotopic (exact) mass is 452 g/mol. The van der Waals surface area contributed by atoms with Gasteiger partial charge in [-0.3, -0.25) is 9.79 Å². The molecule has 0 aromatic heterocycles. The van der Waals surface area contributed by atoms with E-state index in [1.165, 1.54) is 0 Å². The molecule has 0 amide bonds. The average Bonchev–Trinajstić information content (AvgIpc) is 2.83. The molecule has 1 aliphatic rings. The number of carboxylic acids is 1. The molecule has 2 aromatic carbocycles. The van der Waals surface area contributed by atoms with Gasteiger partial charge in [0.05, 0.1) is 5.56 Å². The maximum atomic E-state index is 11.5. The van der Waals surface area contributed by atoms with Crippen LogP contribution in [0.5, 0.6) is 0 Å². The highest BCUT2D eigenvalue weighted by Crippen LogP contribution is 2.19. The number of guanidine groups is 1. The van der Waals surface area contributed by atoms with Crippen molar-refractivity contribution in [2.75, 3.05) is 56.2 Å². The summed E-state index contributed by atoms with van der Waals surface area (Å²) in [6.07, 6.45) is 0.816. The third-order valence-electron chi connectivity index (χ3n) is 5.50. The molecule has 1 heterocycles. The minimum absolute atomic E-state index is 0.0644. The van der Waals surface area contributed by atoms with Gasteiger partial charge in [-0.2, -0.15) is 0 Å². The lowest BCUT2D eigenvalue weighted by Gasteiger charge is -2.38. The number of benzene rings is 2. The van der Waals surface area contributed by atoms with E-state index in [-0.39, 0.29) is 11.3 Å². The Bertz CT molecular complexity index is 967. The van der Waals surface area contributed by atoms with E-state index in [9.17, 15) is 14.7 Å². The molecule has 1 aliphatic heterocycles. The number of carbonyl (C=O) groups excluding carboxylic acids is 1. The van der Waals surface area contributed by atoms with Crippen molar-refractivity contribution in [1.82, 2.24) is 4.90 Å². The predicted octanol–water partition coefficient (Wildman–Crippen LogP) is 3.60. The summed E-state index contributed by atoms with van der Waals surface area (Å²) >= 11 is 0. The first-order chi connectivity index (χ1) is 16.0. The van der Waals surface area contributed by atoms with Crippen LogP contribution in [-0.2, 0) is 4.74 Å². The molecular weight excluding hydrogens is 420 g/mol. The molecule has 0 radical (unpaired) electrons. The van der Waals surface area contributed by atoms with Crippen molar-refractivity contribution >= 4 is 29.1 Å². The summed E-state index contributed by atoms with van der Waals surface area (Å²) in [5.41, 5.74) is 2.74. The van der Waals surface area contributed by atoms with Crippen LogP contribution in [0.1, 0.15) is 41.0 Å². The lowest BCUT2D eigenvalue weighted by molar-refractivity contribution is 0.0696. The van der Waals surface area contributed by atoms with Crippen LogP contribution in [0.15, 0.2) is 53.5 Å². The first-order valence-corrected chi connectivity index (χ1v) is 11.3. The maximum Gasteiger partial charge on any atom is 0.335 e. The summed E-state index contributed by atoms with van der Waals surface area (Å²) in [5.74, 6) is -0.159. The lowest BCUT2D eigenvalue weighted by atomic mass is 10.1. The smallest absolute Gasteiger partial charge is 0.335 e. The zero-order chi connectivity index (χ0) is 23.6. The molecule has 3 rings (SSSR count). The molecule has 176 valence electrons. The first-order valence-electron chi connectivity index (χ1n) is 11.3. The highest BCUT2D eigenvalue weighted by atomic mass is 16.5. The van der Waals surface area contributed by atoms with Crippen LogP contribution in [0, 0.1) is 0 Å². The van der Waals surface area contributed by atoms with Crippen LogP contribution in [0.25, 0.3) is 0 Å². The number of aliphatic imine (C=N–C) groups is 1. The average molecular weight is 453 g/mol. The fraction of sp³-hybridized carbons (Fsp3) is 0.400. The van der Waals surface area contributed by atoms with Crippen molar-refractivity contribution in [2.45, 2.75) is 20.3 Å². The molecule has 33 heavy (non-hydrogen) atoms. The summed E-state index contributed by atoms with van der Waals surface area (Å²) in [6.45, 7) is 8.67. The number of anilines is 2. The highest BCUT2D eigenvalue weighted by molar-refractivity contribution is 5.96. The number of carboxylic acid groups (broad SMARTS) is 1. The number of nitrogens with zero attached hydrogens (tertiary/aromatic N) is 3. The summed E-state index contributed by atoms with van der Waals surface area (Å²) in [6, 6.07) is 14.5. The van der Waals surface area contributed by atoms with E-state index in [0.29, 0.717) is 31.0 Å². The molecule has 2 N–H and O–H groups in total. The van der Waals surface area contributed by atoms with Gasteiger partial charge in [0.1, 0.15) is 0 Å². The summed E-state index contributed by atoms with van der Waals surface area (Å²) in [7, 11) is 0. The molecule has 0 atom stereocenters. The van der Waals surface area contributed by atoms with Crippen LogP contribution in [0.4, 0.5) is 11.4 Å². The van der Waals surface area contributed by atoms with E-state index in [0.717, 1.165) is 44.2 Å². The number of rotatable bonds is 9. The van der Waals surface area contributed by atoms with Gasteiger partial charge in [0.2, 0.25) is 0 Å². The van der Waals surface area contributed by atoms with Crippen LogP contribution >= 0.6 is 0 Å². The van der Waals surface area contributed by atoms with Gasteiger partial charge in [-0.15, -0.1) is 0 Å². The Morgan fingerprint density at radius 1 is 1.06 bits per heavy atom. The molecule has 1 fully saturated rings. The number of hydrogen-bond donors (Lipinski definition) is 2. The molecule has 0 saturated carbocycles. The van der Waals surface area contributed by atoms with Gasteiger partial charge in [-0.05, 0) is 62.7 Å². The zero-order valence-electron chi connectivity index (χ0n) is 19.3. The molecule has 0 unspecified atom stereocenters. The van der Waals surface area contributed by atoms with Crippen LogP contribution in [0.3, 0.4) is 0 Å². The van der Waals surface area contributed by atoms with Gasteiger partial charge in [0.15, 0.2) is 11.7 Å². The highest BCUT2D eigenvalue weighted by Gasteiger charge is 2.21. The fourth-order valence-corrected chi connectivity index (χ4v) is 3.66. The summed E-state index contributed by atoms with van der Waals surface area (Å²) in [5, 5.41) is 12.6. The molecule has 0 spiro atoms. The standard InChI is InChI=1S/C25H32N4O4/c1-3-33-17-5-12-26-25(27-22-7-4-6-21(18-22)24(31)32)29-15-13-28(14-16-29)23-10-8-20(9-11-23)19(2)30/h4,6-11,18H,3,5,12-17H2,1-2H3,(H,26,27)(H,31,32). The van der Waals surface area contributed by atoms with Gasteiger partial charge >= 0.3 is 5.97 Å². The van der Waals surface area contributed by atoms with Gasteiger partial charge in [-0.25, -0.2) is 4.79 Å². The third kappa shape index (κ3) is 7.05. The number of aromatic carboxylic acids is 1. The Hall–Kier alpha value is -3.39. The van der Waals surface area contributed by atoms with E-state index in [4.69, 9.17) is 9.73 Å². The largest absolute Gasteiger partial charge is 0.478 e.